The lowest BCUT2D eigenvalue weighted by Gasteiger charge is -2.51. The lowest BCUT2D eigenvalue weighted by molar-refractivity contribution is -0.144. The van der Waals surface area contributed by atoms with Gasteiger partial charge in [-0.25, -0.2) is 9.37 Å². The van der Waals surface area contributed by atoms with Crippen LogP contribution in [0.1, 0.15) is 25.3 Å². The predicted molar refractivity (Wildman–Crippen MR) is 106 cm³/mol. The molecule has 0 spiro atoms. The molecule has 1 aromatic heterocycles. The van der Waals surface area contributed by atoms with Crippen molar-refractivity contribution in [1.29, 1.82) is 0 Å². The summed E-state index contributed by atoms with van der Waals surface area (Å²) in [5, 5.41) is 0. The molecule has 28 heavy (non-hydrogen) atoms. The van der Waals surface area contributed by atoms with Gasteiger partial charge in [0, 0.05) is 31.9 Å². The first-order valence-electron chi connectivity index (χ1n) is 9.82. The van der Waals surface area contributed by atoms with E-state index in [1.807, 2.05) is 34.1 Å². The van der Waals surface area contributed by atoms with Gasteiger partial charge in [-0.2, -0.15) is 0 Å². The Balaban J connectivity index is 1.61. The minimum atomic E-state index is -0.561. The minimum absolute atomic E-state index is 0.174. The third-order valence-corrected chi connectivity index (χ3v) is 5.97. The number of nitrogens with zero attached hydrogens (tertiary/aromatic N) is 3. The molecule has 1 atom stereocenters. The number of benzene rings is 1. The van der Waals surface area contributed by atoms with Gasteiger partial charge in [0.2, 0.25) is 5.91 Å². The summed E-state index contributed by atoms with van der Waals surface area (Å²) in [6, 6.07) is 11.1. The van der Waals surface area contributed by atoms with Crippen LogP contribution in [0, 0.1) is 11.2 Å². The molecule has 5 nitrogen and oxygen atoms in total. The number of amides is 1. The number of anilines is 1. The Morgan fingerprint density at radius 2 is 2.14 bits per heavy atom. The van der Waals surface area contributed by atoms with E-state index < -0.39 is 5.41 Å². The van der Waals surface area contributed by atoms with Crippen LogP contribution in [0.4, 0.5) is 10.2 Å². The molecule has 0 radical (unpaired) electrons. The van der Waals surface area contributed by atoms with Crippen molar-refractivity contribution >= 4 is 11.7 Å². The van der Waals surface area contributed by atoms with Crippen LogP contribution >= 0.6 is 0 Å². The fourth-order valence-electron chi connectivity index (χ4n) is 4.48. The summed E-state index contributed by atoms with van der Waals surface area (Å²) in [7, 11) is 1.64. The molecule has 3 heterocycles. The highest BCUT2D eigenvalue weighted by atomic mass is 19.1. The molecule has 6 heteroatoms. The van der Waals surface area contributed by atoms with Gasteiger partial charge in [0.1, 0.15) is 5.75 Å². The van der Waals surface area contributed by atoms with E-state index in [1.54, 1.807) is 19.4 Å². The average molecular weight is 383 g/mol. The van der Waals surface area contributed by atoms with Crippen LogP contribution in [0.5, 0.6) is 5.75 Å². The van der Waals surface area contributed by atoms with Crippen molar-refractivity contribution < 1.29 is 13.9 Å². The molecule has 0 aliphatic carbocycles. The Morgan fingerprint density at radius 1 is 1.32 bits per heavy atom. The number of hydrogen-bond donors (Lipinski definition) is 0. The molecule has 2 saturated heterocycles. The Morgan fingerprint density at radius 3 is 2.82 bits per heavy atom. The van der Waals surface area contributed by atoms with Gasteiger partial charge in [0.25, 0.3) is 0 Å². The van der Waals surface area contributed by atoms with Gasteiger partial charge >= 0.3 is 0 Å². The number of carbonyl (C=O) groups is 1. The highest BCUT2D eigenvalue weighted by Gasteiger charge is 2.52. The summed E-state index contributed by atoms with van der Waals surface area (Å²) in [5.41, 5.74) is 0.496. The summed E-state index contributed by atoms with van der Waals surface area (Å²) < 4.78 is 19.5. The van der Waals surface area contributed by atoms with Crippen LogP contribution < -0.4 is 9.64 Å². The second kappa shape index (κ2) is 7.41. The maximum Gasteiger partial charge on any atom is 0.232 e. The third kappa shape index (κ3) is 3.32. The van der Waals surface area contributed by atoms with Gasteiger partial charge < -0.3 is 14.5 Å². The van der Waals surface area contributed by atoms with Crippen molar-refractivity contribution in [3.05, 3.63) is 54.0 Å². The van der Waals surface area contributed by atoms with E-state index in [1.165, 1.54) is 6.07 Å². The largest absolute Gasteiger partial charge is 0.497 e. The highest BCUT2D eigenvalue weighted by Crippen LogP contribution is 2.41. The van der Waals surface area contributed by atoms with E-state index in [2.05, 4.69) is 11.9 Å². The molecule has 0 saturated carbocycles. The van der Waals surface area contributed by atoms with Crippen LogP contribution in [-0.2, 0) is 11.2 Å². The number of methoxy groups -OCH3 is 1. The Bertz CT molecular complexity index is 866. The second-order valence-electron chi connectivity index (χ2n) is 7.96. The molecule has 2 aliphatic heterocycles. The van der Waals surface area contributed by atoms with Gasteiger partial charge in [0.05, 0.1) is 12.5 Å². The molecule has 0 N–H and O–H groups in total. The molecular weight excluding hydrogens is 357 g/mol. The predicted octanol–water partition coefficient (Wildman–Crippen LogP) is 3.29. The number of halogens is 1. The van der Waals surface area contributed by atoms with E-state index in [9.17, 15) is 9.18 Å². The number of rotatable bonds is 5. The van der Waals surface area contributed by atoms with Crippen molar-refractivity contribution in [3.8, 4) is 5.75 Å². The number of hydrogen-bond acceptors (Lipinski definition) is 4. The first kappa shape index (κ1) is 18.7. The lowest BCUT2D eigenvalue weighted by atomic mass is 9.73. The van der Waals surface area contributed by atoms with E-state index in [0.29, 0.717) is 25.3 Å². The van der Waals surface area contributed by atoms with Gasteiger partial charge in [-0.05, 0) is 56.0 Å². The number of ether oxygens (including phenoxy) is 1. The minimum Gasteiger partial charge on any atom is -0.497 e. The summed E-state index contributed by atoms with van der Waals surface area (Å²) in [6.45, 7) is 3.86. The molecule has 1 unspecified atom stereocenters. The van der Waals surface area contributed by atoms with Crippen LogP contribution in [0.3, 0.4) is 0 Å². The quantitative estimate of drug-likeness (QED) is 0.795. The normalized spacial score (nSPS) is 20.8. The second-order valence-corrected chi connectivity index (χ2v) is 7.96. The molecular formula is C22H26FN3O2. The summed E-state index contributed by atoms with van der Waals surface area (Å²) in [5.74, 6) is 0.931. The molecule has 0 bridgehead atoms. The van der Waals surface area contributed by atoms with E-state index >= 15 is 0 Å². The van der Waals surface area contributed by atoms with E-state index in [0.717, 1.165) is 30.7 Å². The molecule has 1 aromatic carbocycles. The summed E-state index contributed by atoms with van der Waals surface area (Å²) in [4.78, 5) is 21.6. The molecule has 1 amide bonds. The first-order chi connectivity index (χ1) is 13.5. The van der Waals surface area contributed by atoms with Gasteiger partial charge in [-0.1, -0.05) is 12.1 Å². The molecule has 4 rings (SSSR count). The average Bonchev–Trinajstić information content (AvgIpc) is 3.10. The number of carbonyl (C=O) groups excluding carboxylic acids is 1. The van der Waals surface area contributed by atoms with Crippen LogP contribution in [0.15, 0.2) is 42.6 Å². The van der Waals surface area contributed by atoms with Crippen molar-refractivity contribution in [2.75, 3.05) is 31.6 Å². The topological polar surface area (TPSA) is 45.7 Å². The van der Waals surface area contributed by atoms with Gasteiger partial charge in [-0.15, -0.1) is 0 Å². The first-order valence-corrected chi connectivity index (χ1v) is 9.82. The van der Waals surface area contributed by atoms with Crippen molar-refractivity contribution in [3.63, 3.8) is 0 Å². The highest BCUT2D eigenvalue weighted by molar-refractivity contribution is 5.87. The SMILES string of the molecule is COc1cccc(CC2(C(=O)N3CCCC3C)CN(c3ncccc3F)C2)c1. The maximum atomic E-state index is 14.2. The summed E-state index contributed by atoms with van der Waals surface area (Å²) >= 11 is 0. The maximum absolute atomic E-state index is 14.2. The number of aromatic nitrogens is 1. The van der Waals surface area contributed by atoms with E-state index in [-0.39, 0.29) is 17.8 Å². The fourth-order valence-corrected chi connectivity index (χ4v) is 4.48. The molecule has 2 fully saturated rings. The monoisotopic (exact) mass is 383 g/mol. The van der Waals surface area contributed by atoms with Crippen LogP contribution in [-0.4, -0.2) is 48.6 Å². The number of pyridine rings is 1. The zero-order valence-electron chi connectivity index (χ0n) is 16.4. The zero-order valence-corrected chi connectivity index (χ0v) is 16.4. The fraction of sp³-hybridized carbons (Fsp3) is 0.455. The lowest BCUT2D eigenvalue weighted by Crippen LogP contribution is -2.65. The smallest absolute Gasteiger partial charge is 0.232 e. The van der Waals surface area contributed by atoms with Gasteiger partial charge in [0.15, 0.2) is 11.6 Å². The molecule has 2 aliphatic rings. The number of likely N-dealkylation sites (tertiary alicyclic amines) is 1. The molecule has 2 aromatic rings. The van der Waals surface area contributed by atoms with Crippen molar-refractivity contribution in [2.24, 2.45) is 5.41 Å². The summed E-state index contributed by atoms with van der Waals surface area (Å²) in [6.07, 6.45) is 4.28. The van der Waals surface area contributed by atoms with Crippen LogP contribution in [0.25, 0.3) is 0 Å². The van der Waals surface area contributed by atoms with Crippen molar-refractivity contribution in [1.82, 2.24) is 9.88 Å². The van der Waals surface area contributed by atoms with Crippen LogP contribution in [0.2, 0.25) is 0 Å². The zero-order chi connectivity index (χ0) is 19.7. The Labute approximate surface area is 165 Å². The van der Waals surface area contributed by atoms with Crippen molar-refractivity contribution in [2.45, 2.75) is 32.2 Å². The Kier molecular flexibility index (Phi) is 4.96. The standard InChI is InChI=1S/C22H26FN3O2/c1-16-6-5-11-26(16)21(27)22(13-17-7-3-8-18(12-17)28-2)14-25(15-22)20-19(23)9-4-10-24-20/h3-4,7-10,12,16H,5-6,11,13-15H2,1-2H3. The third-order valence-electron chi connectivity index (χ3n) is 5.97. The molecule has 148 valence electrons. The Hall–Kier alpha value is -2.63. The van der Waals surface area contributed by atoms with E-state index in [4.69, 9.17) is 4.74 Å². The van der Waals surface area contributed by atoms with Gasteiger partial charge in [-0.3, -0.25) is 4.79 Å².